The fourth-order valence-corrected chi connectivity index (χ4v) is 2.71. The number of hydrogen-bond acceptors (Lipinski definition) is 3. The molecule has 1 N–H and O–H groups in total. The first-order chi connectivity index (χ1) is 11.7. The first-order valence-corrected chi connectivity index (χ1v) is 9.24. The van der Waals surface area contributed by atoms with Crippen LogP contribution in [0.2, 0.25) is 0 Å². The zero-order valence-electron chi connectivity index (χ0n) is 15.2. The number of nitrogens with one attached hydrogen (secondary N) is 1. The van der Waals surface area contributed by atoms with E-state index in [4.69, 9.17) is 4.74 Å². The van der Waals surface area contributed by atoms with Crippen LogP contribution in [-0.4, -0.2) is 17.1 Å². The Morgan fingerprint density at radius 2 is 1.96 bits per heavy atom. The Labute approximate surface area is 144 Å². The first kappa shape index (κ1) is 18.5. The molecule has 4 nitrogen and oxygen atoms in total. The van der Waals surface area contributed by atoms with Crippen molar-refractivity contribution < 1.29 is 4.74 Å². The Morgan fingerprint density at radius 1 is 1.21 bits per heavy atom. The second-order valence-electron chi connectivity index (χ2n) is 6.65. The number of nitrogens with zero attached hydrogens (tertiary/aromatic N) is 1. The minimum atomic E-state index is -0.0713. The average molecular weight is 330 g/mol. The summed E-state index contributed by atoms with van der Waals surface area (Å²) in [5.41, 5.74) is 2.14. The smallest absolute Gasteiger partial charge is 0.270 e. The molecule has 0 aliphatic heterocycles. The van der Waals surface area contributed by atoms with Crippen LogP contribution in [0.15, 0.2) is 23.0 Å². The van der Waals surface area contributed by atoms with Crippen LogP contribution in [0.1, 0.15) is 64.5 Å². The number of ether oxygens (including phenoxy) is 1. The highest BCUT2D eigenvalue weighted by Gasteiger charge is 2.19. The van der Waals surface area contributed by atoms with E-state index in [1.165, 1.54) is 38.5 Å². The van der Waals surface area contributed by atoms with Gasteiger partial charge in [0.2, 0.25) is 0 Å². The van der Waals surface area contributed by atoms with Gasteiger partial charge in [-0.25, -0.2) is 4.98 Å². The number of aromatic nitrogens is 2. The summed E-state index contributed by atoms with van der Waals surface area (Å²) in [6.07, 6.45) is 9.75. The minimum absolute atomic E-state index is 0.0713. The minimum Gasteiger partial charge on any atom is -0.497 e. The van der Waals surface area contributed by atoms with E-state index in [-0.39, 0.29) is 5.56 Å². The molecule has 132 valence electrons. The third-order valence-electron chi connectivity index (χ3n) is 4.19. The van der Waals surface area contributed by atoms with E-state index in [0.717, 1.165) is 35.5 Å². The number of rotatable bonds is 7. The maximum Gasteiger partial charge on any atom is 0.270 e. The van der Waals surface area contributed by atoms with Gasteiger partial charge < -0.3 is 9.72 Å². The average Bonchev–Trinajstić information content (AvgIpc) is 3.39. The van der Waals surface area contributed by atoms with Crippen molar-refractivity contribution in [2.45, 2.75) is 65.2 Å². The zero-order valence-corrected chi connectivity index (χ0v) is 15.2. The predicted octanol–water partition coefficient (Wildman–Crippen LogP) is 4.86. The highest BCUT2D eigenvalue weighted by atomic mass is 16.5. The molecule has 0 unspecified atom stereocenters. The van der Waals surface area contributed by atoms with Crippen molar-refractivity contribution in [1.29, 1.82) is 0 Å². The Bertz CT molecular complexity index is 690. The fraction of sp³-hybridized carbons (Fsp3) is 0.600. The molecule has 0 radical (unpaired) electrons. The lowest BCUT2D eigenvalue weighted by Crippen LogP contribution is -2.15. The topological polar surface area (TPSA) is 55.0 Å². The van der Waals surface area contributed by atoms with Gasteiger partial charge in [-0.05, 0) is 30.9 Å². The zero-order chi connectivity index (χ0) is 17.4. The molecule has 1 aliphatic rings. The lowest BCUT2D eigenvalue weighted by molar-refractivity contribution is 0.415. The van der Waals surface area contributed by atoms with E-state index in [9.17, 15) is 4.79 Å². The molecule has 4 heteroatoms. The summed E-state index contributed by atoms with van der Waals surface area (Å²) >= 11 is 0. The van der Waals surface area contributed by atoms with Crippen molar-refractivity contribution >= 4 is 11.0 Å². The van der Waals surface area contributed by atoms with Gasteiger partial charge in [-0.3, -0.25) is 4.79 Å². The maximum absolute atomic E-state index is 12.1. The first-order valence-electron chi connectivity index (χ1n) is 9.24. The molecular formula is C20H30N2O2. The van der Waals surface area contributed by atoms with Crippen molar-refractivity contribution in [1.82, 2.24) is 9.97 Å². The molecule has 1 aromatic heterocycles. The molecule has 0 saturated heterocycles. The quantitative estimate of drug-likeness (QED) is 0.738. The van der Waals surface area contributed by atoms with E-state index in [0.29, 0.717) is 5.69 Å². The number of fused-ring (bicyclic) bond motifs is 1. The summed E-state index contributed by atoms with van der Waals surface area (Å²) in [5.74, 6) is 1.73. The third-order valence-corrected chi connectivity index (χ3v) is 4.19. The summed E-state index contributed by atoms with van der Waals surface area (Å²) in [6.45, 7) is 4.25. The molecule has 1 heterocycles. The van der Waals surface area contributed by atoms with Crippen LogP contribution in [0.4, 0.5) is 0 Å². The number of H-pyrrole nitrogens is 1. The molecule has 3 rings (SSSR count). The van der Waals surface area contributed by atoms with Crippen LogP contribution in [-0.2, 0) is 6.42 Å². The van der Waals surface area contributed by atoms with Crippen LogP contribution >= 0.6 is 0 Å². The summed E-state index contributed by atoms with van der Waals surface area (Å²) < 4.78 is 5.16. The van der Waals surface area contributed by atoms with E-state index in [2.05, 4.69) is 23.8 Å². The van der Waals surface area contributed by atoms with E-state index >= 15 is 0 Å². The van der Waals surface area contributed by atoms with Crippen molar-refractivity contribution in [2.75, 3.05) is 7.11 Å². The Kier molecular flexibility index (Phi) is 7.29. The van der Waals surface area contributed by atoms with Gasteiger partial charge >= 0.3 is 0 Å². The fourth-order valence-electron chi connectivity index (χ4n) is 2.71. The van der Waals surface area contributed by atoms with Crippen molar-refractivity contribution in [3.05, 3.63) is 34.2 Å². The molecule has 1 aromatic carbocycles. The normalized spacial score (nSPS) is 13.5. The lowest BCUT2D eigenvalue weighted by atomic mass is 10.1. The molecule has 1 aliphatic carbocycles. The van der Waals surface area contributed by atoms with E-state index in [1.54, 1.807) is 7.11 Å². The molecular weight excluding hydrogens is 300 g/mol. The number of unbranched alkanes of at least 4 members (excludes halogenated alkanes) is 2. The number of benzene rings is 1. The second kappa shape index (κ2) is 9.45. The molecule has 2 aromatic rings. The summed E-state index contributed by atoms with van der Waals surface area (Å²) in [7, 11) is 1.61. The highest BCUT2D eigenvalue weighted by molar-refractivity contribution is 5.75. The Morgan fingerprint density at radius 3 is 2.62 bits per heavy atom. The van der Waals surface area contributed by atoms with Gasteiger partial charge in [0.15, 0.2) is 0 Å². The van der Waals surface area contributed by atoms with Gasteiger partial charge in [0.1, 0.15) is 11.4 Å². The second-order valence-corrected chi connectivity index (χ2v) is 6.65. The largest absolute Gasteiger partial charge is 0.497 e. The molecule has 1 fully saturated rings. The molecule has 1 saturated carbocycles. The van der Waals surface area contributed by atoms with Gasteiger partial charge in [-0.2, -0.15) is 0 Å². The van der Waals surface area contributed by atoms with Crippen LogP contribution < -0.4 is 10.3 Å². The van der Waals surface area contributed by atoms with Gasteiger partial charge in [0, 0.05) is 6.07 Å². The van der Waals surface area contributed by atoms with Gasteiger partial charge in [-0.1, -0.05) is 52.4 Å². The van der Waals surface area contributed by atoms with E-state index in [1.807, 2.05) is 18.2 Å². The summed E-state index contributed by atoms with van der Waals surface area (Å²) in [6, 6.07) is 5.57. The number of aryl methyl sites for hydroxylation is 1. The molecule has 0 amide bonds. The standard InChI is InChI=1S/C17H22N2O2.C3H8/c1-21-13-9-10-14-16(11-13)19-17(20)15(18-14)6-4-2-3-5-12-7-8-12;1-3-2/h9-12H,2-8H2,1H3,(H,19,20);3H2,1-2H3. The van der Waals surface area contributed by atoms with Gasteiger partial charge in [0.05, 0.1) is 18.1 Å². The van der Waals surface area contributed by atoms with Crippen LogP contribution in [0, 0.1) is 5.92 Å². The molecule has 0 atom stereocenters. The van der Waals surface area contributed by atoms with E-state index < -0.39 is 0 Å². The molecule has 0 bridgehead atoms. The maximum atomic E-state index is 12.1. The third kappa shape index (κ3) is 5.66. The van der Waals surface area contributed by atoms with Crippen molar-refractivity contribution in [2.24, 2.45) is 5.92 Å². The van der Waals surface area contributed by atoms with Crippen LogP contribution in [0.3, 0.4) is 0 Å². The molecule has 0 spiro atoms. The summed E-state index contributed by atoms with van der Waals surface area (Å²) in [4.78, 5) is 19.5. The SMILES string of the molecule is CCC.COc1ccc2nc(CCCCCC3CC3)c(=O)[nH]c2c1. The number of hydrogen-bond donors (Lipinski definition) is 1. The summed E-state index contributed by atoms with van der Waals surface area (Å²) in [5, 5.41) is 0. The number of methoxy groups -OCH3 is 1. The van der Waals surface area contributed by atoms with Crippen LogP contribution in [0.25, 0.3) is 11.0 Å². The Balaban J connectivity index is 0.000000647. The Hall–Kier alpha value is -1.84. The van der Waals surface area contributed by atoms with Gasteiger partial charge in [-0.15, -0.1) is 0 Å². The molecule has 24 heavy (non-hydrogen) atoms. The lowest BCUT2D eigenvalue weighted by Gasteiger charge is -2.05. The number of aromatic amines is 1. The van der Waals surface area contributed by atoms with Crippen molar-refractivity contribution in [3.8, 4) is 5.75 Å². The van der Waals surface area contributed by atoms with Gasteiger partial charge in [0.25, 0.3) is 5.56 Å². The van der Waals surface area contributed by atoms with Crippen molar-refractivity contribution in [3.63, 3.8) is 0 Å². The highest BCUT2D eigenvalue weighted by Crippen LogP contribution is 2.34. The van der Waals surface area contributed by atoms with Crippen LogP contribution in [0.5, 0.6) is 5.75 Å². The predicted molar refractivity (Wildman–Crippen MR) is 99.8 cm³/mol. The monoisotopic (exact) mass is 330 g/mol.